The number of pyridine rings is 1. The zero-order chi connectivity index (χ0) is 23.3. The fraction of sp³-hybridized carbons (Fsp3) is 0.200. The highest BCUT2D eigenvalue weighted by Crippen LogP contribution is 2.27. The van der Waals surface area contributed by atoms with Gasteiger partial charge in [-0.05, 0) is 55.7 Å². The lowest BCUT2D eigenvalue weighted by molar-refractivity contribution is 0.704. The quantitative estimate of drug-likeness (QED) is 0.413. The molecule has 4 heterocycles. The van der Waals surface area contributed by atoms with Crippen LogP contribution in [0.4, 0.5) is 0 Å². The Morgan fingerprint density at radius 1 is 1.00 bits per heavy atom. The van der Waals surface area contributed by atoms with Crippen molar-refractivity contribution in [2.45, 2.75) is 33.7 Å². The minimum Gasteiger partial charge on any atom is -0.278 e. The number of thiophene rings is 1. The topological polar surface area (TPSA) is 78.4 Å². The van der Waals surface area contributed by atoms with E-state index in [1.54, 1.807) is 35.0 Å². The summed E-state index contributed by atoms with van der Waals surface area (Å²) < 4.78 is 4.22. The van der Waals surface area contributed by atoms with Gasteiger partial charge in [0.25, 0.3) is 11.1 Å². The third-order valence-electron chi connectivity index (χ3n) is 6.00. The van der Waals surface area contributed by atoms with Crippen LogP contribution in [-0.2, 0) is 13.0 Å². The first-order valence-electron chi connectivity index (χ1n) is 10.7. The molecule has 0 fully saturated rings. The molecule has 8 heteroatoms. The molecule has 0 saturated heterocycles. The first kappa shape index (κ1) is 21.1. The molecule has 0 aliphatic carbocycles. The van der Waals surface area contributed by atoms with Crippen molar-refractivity contribution >= 4 is 27.2 Å². The van der Waals surface area contributed by atoms with Crippen molar-refractivity contribution in [1.29, 1.82) is 0 Å². The standard InChI is InChI=1S/C25H22N4O3S/c1-4-17-8-10-19(11-9-17)29-23(31)22-15(2)16(3)33-24(22)28(25(29)32)14-18-13-21(30)27-12-6-5-7-20(27)26-18/h5-13H,4,14H2,1-3H3. The van der Waals surface area contributed by atoms with Gasteiger partial charge in [-0.2, -0.15) is 0 Å². The summed E-state index contributed by atoms with van der Waals surface area (Å²) in [5.41, 5.74) is 2.47. The summed E-state index contributed by atoms with van der Waals surface area (Å²) in [6, 6.07) is 14.2. The molecule has 0 unspecified atom stereocenters. The van der Waals surface area contributed by atoms with Crippen molar-refractivity contribution in [3.8, 4) is 5.69 Å². The van der Waals surface area contributed by atoms with Gasteiger partial charge < -0.3 is 0 Å². The van der Waals surface area contributed by atoms with Gasteiger partial charge in [0.05, 0.1) is 23.3 Å². The van der Waals surface area contributed by atoms with E-state index >= 15 is 0 Å². The van der Waals surface area contributed by atoms with Crippen molar-refractivity contribution in [3.05, 3.63) is 108 Å². The van der Waals surface area contributed by atoms with E-state index in [0.29, 0.717) is 27.2 Å². The Morgan fingerprint density at radius 3 is 2.48 bits per heavy atom. The van der Waals surface area contributed by atoms with Crippen molar-refractivity contribution in [1.82, 2.24) is 18.5 Å². The van der Waals surface area contributed by atoms with Crippen molar-refractivity contribution in [3.63, 3.8) is 0 Å². The highest BCUT2D eigenvalue weighted by molar-refractivity contribution is 7.18. The van der Waals surface area contributed by atoms with Crippen LogP contribution < -0.4 is 16.8 Å². The number of hydrogen-bond acceptors (Lipinski definition) is 5. The largest absolute Gasteiger partial charge is 0.337 e. The molecular formula is C25H22N4O3S. The third kappa shape index (κ3) is 3.43. The van der Waals surface area contributed by atoms with E-state index in [2.05, 4.69) is 11.9 Å². The van der Waals surface area contributed by atoms with Gasteiger partial charge in [0.2, 0.25) is 0 Å². The normalized spacial score (nSPS) is 11.5. The average Bonchev–Trinajstić information content (AvgIpc) is 3.11. The van der Waals surface area contributed by atoms with E-state index in [0.717, 1.165) is 22.4 Å². The lowest BCUT2D eigenvalue weighted by Gasteiger charge is -2.13. The molecule has 4 aromatic heterocycles. The van der Waals surface area contributed by atoms with E-state index in [9.17, 15) is 14.4 Å². The number of fused-ring (bicyclic) bond motifs is 2. The molecule has 0 amide bonds. The number of benzene rings is 1. The molecular weight excluding hydrogens is 436 g/mol. The van der Waals surface area contributed by atoms with E-state index in [4.69, 9.17) is 0 Å². The Hall–Kier alpha value is -3.78. The number of aromatic nitrogens is 4. The molecule has 0 N–H and O–H groups in total. The number of hydrogen-bond donors (Lipinski definition) is 0. The van der Waals surface area contributed by atoms with Crippen LogP contribution in [0.3, 0.4) is 0 Å². The maximum Gasteiger partial charge on any atom is 0.337 e. The predicted molar refractivity (Wildman–Crippen MR) is 131 cm³/mol. The number of nitrogens with zero attached hydrogens (tertiary/aromatic N) is 4. The molecule has 166 valence electrons. The van der Waals surface area contributed by atoms with Gasteiger partial charge in [0.15, 0.2) is 0 Å². The second-order valence-corrected chi connectivity index (χ2v) is 9.21. The van der Waals surface area contributed by atoms with Crippen LogP contribution in [0.1, 0.15) is 28.6 Å². The van der Waals surface area contributed by atoms with Crippen LogP contribution in [0.15, 0.2) is 69.1 Å². The van der Waals surface area contributed by atoms with Gasteiger partial charge in [0, 0.05) is 17.1 Å². The smallest absolute Gasteiger partial charge is 0.278 e. The summed E-state index contributed by atoms with van der Waals surface area (Å²) in [5.74, 6) is 0. The summed E-state index contributed by atoms with van der Waals surface area (Å²) in [6.45, 7) is 5.98. The van der Waals surface area contributed by atoms with Crippen molar-refractivity contribution in [2.24, 2.45) is 0 Å². The molecule has 0 aliphatic rings. The summed E-state index contributed by atoms with van der Waals surface area (Å²) >= 11 is 1.41. The monoisotopic (exact) mass is 458 g/mol. The van der Waals surface area contributed by atoms with Gasteiger partial charge in [-0.3, -0.25) is 18.6 Å². The number of aryl methyl sites for hydroxylation is 3. The highest BCUT2D eigenvalue weighted by atomic mass is 32.1. The van der Waals surface area contributed by atoms with E-state index in [-0.39, 0.29) is 17.7 Å². The molecule has 7 nitrogen and oxygen atoms in total. The average molecular weight is 459 g/mol. The molecule has 0 atom stereocenters. The Morgan fingerprint density at radius 2 is 1.76 bits per heavy atom. The van der Waals surface area contributed by atoms with Gasteiger partial charge in [0.1, 0.15) is 10.5 Å². The molecule has 1 aromatic carbocycles. The first-order valence-corrected chi connectivity index (χ1v) is 11.5. The Kier molecular flexibility index (Phi) is 5.09. The summed E-state index contributed by atoms with van der Waals surface area (Å²) in [7, 11) is 0. The maximum absolute atomic E-state index is 13.7. The maximum atomic E-state index is 13.7. The Balaban J connectivity index is 1.78. The molecule has 0 aliphatic heterocycles. The second kappa shape index (κ2) is 7.97. The first-order chi connectivity index (χ1) is 15.9. The second-order valence-electron chi connectivity index (χ2n) is 8.01. The van der Waals surface area contributed by atoms with E-state index in [1.807, 2.05) is 32.0 Å². The van der Waals surface area contributed by atoms with Crippen LogP contribution >= 0.6 is 11.3 Å². The molecule has 0 saturated carbocycles. The Bertz CT molecular complexity index is 1710. The molecule has 5 aromatic rings. The summed E-state index contributed by atoms with van der Waals surface area (Å²) in [6.07, 6.45) is 2.52. The van der Waals surface area contributed by atoms with Crippen LogP contribution in [0.5, 0.6) is 0 Å². The minimum absolute atomic E-state index is 0.0860. The van der Waals surface area contributed by atoms with Gasteiger partial charge in [-0.1, -0.05) is 25.1 Å². The molecule has 0 bridgehead atoms. The summed E-state index contributed by atoms with van der Waals surface area (Å²) in [4.78, 5) is 45.8. The lowest BCUT2D eigenvalue weighted by Crippen LogP contribution is -2.39. The number of rotatable bonds is 4. The van der Waals surface area contributed by atoms with Gasteiger partial charge in [-0.25, -0.2) is 14.3 Å². The summed E-state index contributed by atoms with van der Waals surface area (Å²) in [5, 5.41) is 0.522. The fourth-order valence-corrected chi connectivity index (χ4v) is 5.19. The zero-order valence-electron chi connectivity index (χ0n) is 18.5. The van der Waals surface area contributed by atoms with Crippen LogP contribution in [-0.4, -0.2) is 18.5 Å². The van der Waals surface area contributed by atoms with Crippen LogP contribution in [0.2, 0.25) is 0 Å². The molecule has 0 spiro atoms. The zero-order valence-corrected chi connectivity index (χ0v) is 19.3. The van der Waals surface area contributed by atoms with Crippen molar-refractivity contribution in [2.75, 3.05) is 0 Å². The predicted octanol–water partition coefficient (Wildman–Crippen LogP) is 3.45. The highest BCUT2D eigenvalue weighted by Gasteiger charge is 2.20. The lowest BCUT2D eigenvalue weighted by atomic mass is 10.1. The molecule has 0 radical (unpaired) electrons. The fourth-order valence-electron chi connectivity index (χ4n) is 4.05. The molecule has 5 rings (SSSR count). The van der Waals surface area contributed by atoms with Gasteiger partial charge in [-0.15, -0.1) is 11.3 Å². The van der Waals surface area contributed by atoms with Crippen LogP contribution in [0, 0.1) is 13.8 Å². The molecule has 33 heavy (non-hydrogen) atoms. The minimum atomic E-state index is -0.451. The third-order valence-corrected chi connectivity index (χ3v) is 7.23. The van der Waals surface area contributed by atoms with E-state index < -0.39 is 5.69 Å². The van der Waals surface area contributed by atoms with Gasteiger partial charge >= 0.3 is 5.69 Å². The van der Waals surface area contributed by atoms with Crippen molar-refractivity contribution < 1.29 is 0 Å². The van der Waals surface area contributed by atoms with Crippen LogP contribution in [0.25, 0.3) is 21.6 Å². The van der Waals surface area contributed by atoms with E-state index in [1.165, 1.54) is 26.4 Å². The Labute approximate surface area is 192 Å². The SMILES string of the molecule is CCc1ccc(-n2c(=O)c3c(C)c(C)sc3n(Cc3cc(=O)n4ccccc4n3)c2=O)cc1.